The van der Waals surface area contributed by atoms with Crippen LogP contribution < -0.4 is 4.74 Å². The predicted octanol–water partition coefficient (Wildman–Crippen LogP) is 6.40. The first-order chi connectivity index (χ1) is 15.7. The van der Waals surface area contributed by atoms with Gasteiger partial charge in [-0.3, -0.25) is 4.79 Å². The zero-order valence-corrected chi connectivity index (χ0v) is 20.0. The summed E-state index contributed by atoms with van der Waals surface area (Å²) in [6, 6.07) is 13.6. The van der Waals surface area contributed by atoms with Crippen LogP contribution in [0.15, 0.2) is 54.9 Å². The highest BCUT2D eigenvalue weighted by atomic mass is 16.5. The Morgan fingerprint density at radius 1 is 0.906 bits per heavy atom. The highest BCUT2D eigenvalue weighted by molar-refractivity contribution is 6.14. The molecule has 4 nitrogen and oxygen atoms in total. The van der Waals surface area contributed by atoms with Crippen LogP contribution in [0.3, 0.4) is 0 Å². The molecule has 1 aromatic carbocycles. The second-order valence-corrected chi connectivity index (χ2v) is 8.48. The number of benzene rings is 1. The van der Waals surface area contributed by atoms with Crippen LogP contribution >= 0.6 is 0 Å². The molecule has 0 fully saturated rings. The fourth-order valence-electron chi connectivity index (χ4n) is 4.13. The van der Waals surface area contributed by atoms with Crippen molar-refractivity contribution in [1.29, 1.82) is 0 Å². The van der Waals surface area contributed by atoms with Crippen molar-refractivity contribution in [2.45, 2.75) is 59.3 Å². The molecule has 4 heteroatoms. The highest BCUT2D eigenvalue weighted by Crippen LogP contribution is 2.24. The predicted molar refractivity (Wildman–Crippen MR) is 133 cm³/mol. The molecule has 2 heterocycles. The first-order valence-corrected chi connectivity index (χ1v) is 12.3. The zero-order chi connectivity index (χ0) is 22.8. The molecule has 3 rings (SSSR count). The summed E-state index contributed by atoms with van der Waals surface area (Å²) in [5.41, 5.74) is 3.55. The molecule has 172 valence electrons. The summed E-state index contributed by atoms with van der Waals surface area (Å²) < 4.78 is 8.00. The Hall–Kier alpha value is -2.59. The number of hydrogen-bond acceptors (Lipinski definition) is 3. The van der Waals surface area contributed by atoms with Gasteiger partial charge < -0.3 is 14.0 Å². The van der Waals surface area contributed by atoms with Crippen molar-refractivity contribution < 1.29 is 9.53 Å². The maximum atomic E-state index is 13.3. The van der Waals surface area contributed by atoms with Crippen molar-refractivity contribution in [2.75, 3.05) is 26.2 Å². The van der Waals surface area contributed by atoms with E-state index in [9.17, 15) is 4.79 Å². The molecule has 0 atom stereocenters. The Morgan fingerprint density at radius 2 is 1.59 bits per heavy atom. The van der Waals surface area contributed by atoms with Gasteiger partial charge in [0.1, 0.15) is 5.75 Å². The minimum atomic E-state index is 0.0737. The van der Waals surface area contributed by atoms with Gasteiger partial charge in [-0.15, -0.1) is 0 Å². The maximum Gasteiger partial charge on any atom is 0.195 e. The van der Waals surface area contributed by atoms with Gasteiger partial charge in [-0.05, 0) is 80.7 Å². The summed E-state index contributed by atoms with van der Waals surface area (Å²) in [5, 5.41) is 0. The van der Waals surface area contributed by atoms with Crippen LogP contribution in [0.5, 0.6) is 5.75 Å². The number of carbonyl (C=O) groups is 1. The van der Waals surface area contributed by atoms with Crippen LogP contribution in [0.4, 0.5) is 0 Å². The monoisotopic (exact) mass is 434 g/mol. The lowest BCUT2D eigenvalue weighted by Gasteiger charge is -2.21. The smallest absolute Gasteiger partial charge is 0.195 e. The van der Waals surface area contributed by atoms with Gasteiger partial charge >= 0.3 is 0 Å². The number of aryl methyl sites for hydroxylation is 1. The molecule has 0 bridgehead atoms. The van der Waals surface area contributed by atoms with Gasteiger partial charge in [0.05, 0.1) is 17.7 Å². The third-order valence-electron chi connectivity index (χ3n) is 6.03. The van der Waals surface area contributed by atoms with E-state index in [1.54, 1.807) is 0 Å². The minimum absolute atomic E-state index is 0.0737. The molecule has 32 heavy (non-hydrogen) atoms. The summed E-state index contributed by atoms with van der Waals surface area (Å²) >= 11 is 0. The standard InChI is InChI=1S/C28H38N2O2/c1-4-7-17-29(18-8-5-2)19-11-21-32-25-15-13-24(14-16-25)28(31)27-23(6-3)22-30-20-10-9-12-26(27)30/h9-10,12-16,20,22H,4-8,11,17-19,21H2,1-3H3. The molecular formula is C28H38N2O2. The van der Waals surface area contributed by atoms with Crippen LogP contribution in [0, 0.1) is 0 Å². The largest absolute Gasteiger partial charge is 0.494 e. The van der Waals surface area contributed by atoms with Crippen LogP contribution in [0.2, 0.25) is 0 Å². The number of ketones is 1. The second-order valence-electron chi connectivity index (χ2n) is 8.48. The topological polar surface area (TPSA) is 34.0 Å². The number of aromatic nitrogens is 1. The van der Waals surface area contributed by atoms with Gasteiger partial charge in [0.15, 0.2) is 5.78 Å². The number of unbranched alkanes of at least 4 members (excludes halogenated alkanes) is 2. The highest BCUT2D eigenvalue weighted by Gasteiger charge is 2.18. The average molecular weight is 435 g/mol. The number of rotatable bonds is 14. The summed E-state index contributed by atoms with van der Waals surface area (Å²) in [6.45, 7) is 10.7. The normalized spacial score (nSPS) is 11.4. The summed E-state index contributed by atoms with van der Waals surface area (Å²) in [4.78, 5) is 15.8. The number of nitrogens with zero attached hydrogens (tertiary/aromatic N) is 2. The van der Waals surface area contributed by atoms with E-state index in [1.165, 1.54) is 38.8 Å². The number of pyridine rings is 1. The molecule has 0 unspecified atom stereocenters. The maximum absolute atomic E-state index is 13.3. The Labute approximate surface area is 193 Å². The van der Waals surface area contributed by atoms with E-state index in [0.29, 0.717) is 12.2 Å². The summed E-state index contributed by atoms with van der Waals surface area (Å²) in [5.74, 6) is 0.900. The molecule has 0 aliphatic carbocycles. The molecule has 0 aliphatic heterocycles. The van der Waals surface area contributed by atoms with E-state index in [1.807, 2.05) is 53.1 Å². The SMILES string of the molecule is CCCCN(CCCC)CCCOc1ccc(C(=O)c2c(CC)cn3ccccc23)cc1. The van der Waals surface area contributed by atoms with Gasteiger partial charge in [0.2, 0.25) is 0 Å². The quantitative estimate of drug-likeness (QED) is 0.217. The molecule has 0 aliphatic rings. The molecule has 0 saturated heterocycles. The summed E-state index contributed by atoms with van der Waals surface area (Å²) in [6.07, 6.45) is 10.9. The van der Waals surface area contributed by atoms with Gasteiger partial charge in [-0.1, -0.05) is 39.7 Å². The molecule has 2 aromatic heterocycles. The van der Waals surface area contributed by atoms with Crippen molar-refractivity contribution in [2.24, 2.45) is 0 Å². The number of ether oxygens (including phenoxy) is 1. The van der Waals surface area contributed by atoms with Crippen molar-refractivity contribution >= 4 is 11.3 Å². The molecule has 0 amide bonds. The summed E-state index contributed by atoms with van der Waals surface area (Å²) in [7, 11) is 0. The molecule has 3 aromatic rings. The third-order valence-corrected chi connectivity index (χ3v) is 6.03. The van der Waals surface area contributed by atoms with Crippen molar-refractivity contribution in [3.05, 3.63) is 71.5 Å². The average Bonchev–Trinajstić information content (AvgIpc) is 3.21. The molecule has 0 spiro atoms. The van der Waals surface area contributed by atoms with E-state index in [4.69, 9.17) is 4.74 Å². The Balaban J connectivity index is 1.57. The van der Waals surface area contributed by atoms with Gasteiger partial charge in [0, 0.05) is 24.5 Å². The minimum Gasteiger partial charge on any atom is -0.494 e. The van der Waals surface area contributed by atoms with Crippen molar-refractivity contribution in [1.82, 2.24) is 9.30 Å². The Kier molecular flexibility index (Phi) is 9.36. The van der Waals surface area contributed by atoms with Gasteiger partial charge in [-0.2, -0.15) is 0 Å². The van der Waals surface area contributed by atoms with Crippen LogP contribution in [-0.2, 0) is 6.42 Å². The Morgan fingerprint density at radius 3 is 2.25 bits per heavy atom. The van der Waals surface area contributed by atoms with Crippen LogP contribution in [0.25, 0.3) is 5.52 Å². The first-order valence-electron chi connectivity index (χ1n) is 12.3. The number of carbonyl (C=O) groups excluding carboxylic acids is 1. The molecular weight excluding hydrogens is 396 g/mol. The molecule has 0 saturated carbocycles. The van der Waals surface area contributed by atoms with E-state index < -0.39 is 0 Å². The van der Waals surface area contributed by atoms with E-state index in [-0.39, 0.29) is 5.78 Å². The van der Waals surface area contributed by atoms with E-state index >= 15 is 0 Å². The molecule has 0 N–H and O–H groups in total. The first kappa shape index (κ1) is 24.1. The van der Waals surface area contributed by atoms with Gasteiger partial charge in [0.25, 0.3) is 0 Å². The van der Waals surface area contributed by atoms with Gasteiger partial charge in [-0.25, -0.2) is 0 Å². The zero-order valence-electron chi connectivity index (χ0n) is 20.0. The van der Waals surface area contributed by atoms with E-state index in [2.05, 4.69) is 31.9 Å². The number of hydrogen-bond donors (Lipinski definition) is 0. The van der Waals surface area contributed by atoms with Crippen LogP contribution in [-0.4, -0.2) is 41.3 Å². The van der Waals surface area contributed by atoms with Crippen LogP contribution in [0.1, 0.15) is 74.4 Å². The second kappa shape index (κ2) is 12.4. The third kappa shape index (κ3) is 6.23. The van der Waals surface area contributed by atoms with E-state index in [0.717, 1.165) is 41.8 Å². The number of fused-ring (bicyclic) bond motifs is 1. The Bertz CT molecular complexity index is 967. The lowest BCUT2D eigenvalue weighted by atomic mass is 9.99. The van der Waals surface area contributed by atoms with Crippen molar-refractivity contribution in [3.8, 4) is 5.75 Å². The lowest BCUT2D eigenvalue weighted by molar-refractivity contribution is 0.103. The fourth-order valence-corrected chi connectivity index (χ4v) is 4.13. The fraction of sp³-hybridized carbons (Fsp3) is 0.464. The van der Waals surface area contributed by atoms with Crippen molar-refractivity contribution in [3.63, 3.8) is 0 Å². The molecule has 0 radical (unpaired) electrons. The lowest BCUT2D eigenvalue weighted by Crippen LogP contribution is -2.28.